The van der Waals surface area contributed by atoms with Crippen molar-refractivity contribution in [3.8, 4) is 0 Å². The molecule has 2 bridgehead atoms. The molecule has 0 amide bonds. The van der Waals surface area contributed by atoms with Gasteiger partial charge in [-0.15, -0.1) is 0 Å². The summed E-state index contributed by atoms with van der Waals surface area (Å²) in [6.45, 7) is 4.73. The fraction of sp³-hybridized carbons (Fsp3) is 0.667. The highest BCUT2D eigenvalue weighted by Crippen LogP contribution is 2.32. The van der Waals surface area contributed by atoms with Crippen molar-refractivity contribution in [2.45, 2.75) is 50.5 Å². The smallest absolute Gasteiger partial charge is 0.157 e. The van der Waals surface area contributed by atoms with Gasteiger partial charge in [0.1, 0.15) is 0 Å². The lowest BCUT2D eigenvalue weighted by Gasteiger charge is -2.37. The molecule has 0 radical (unpaired) electrons. The molecule has 4 heterocycles. The number of nitrogens with zero attached hydrogens (tertiary/aromatic N) is 2. The van der Waals surface area contributed by atoms with Crippen LogP contribution in [0.3, 0.4) is 0 Å². The van der Waals surface area contributed by atoms with Crippen LogP contribution in [0, 0.1) is 0 Å². The average molecular weight is 373 g/mol. The first-order valence-electron chi connectivity index (χ1n) is 10.3. The summed E-state index contributed by atoms with van der Waals surface area (Å²) in [6, 6.07) is 5.57. The van der Waals surface area contributed by atoms with Crippen LogP contribution >= 0.6 is 0 Å². The van der Waals surface area contributed by atoms with Gasteiger partial charge in [0, 0.05) is 43.7 Å². The predicted molar refractivity (Wildman–Crippen MR) is 106 cm³/mol. The maximum atomic E-state index is 5.66. The van der Waals surface area contributed by atoms with Gasteiger partial charge in [0.25, 0.3) is 0 Å². The number of rotatable bonds is 8. The van der Waals surface area contributed by atoms with E-state index in [1.807, 2.05) is 18.3 Å². The van der Waals surface area contributed by atoms with Crippen molar-refractivity contribution in [1.82, 2.24) is 10.3 Å². The quantitative estimate of drug-likeness (QED) is 0.707. The highest BCUT2D eigenvalue weighted by Gasteiger charge is 2.36. The first-order chi connectivity index (χ1) is 13.4. The Morgan fingerprint density at radius 2 is 2.07 bits per heavy atom. The minimum absolute atomic E-state index is 0.0369. The molecule has 3 fully saturated rings. The molecule has 3 unspecified atom stereocenters. The van der Waals surface area contributed by atoms with Gasteiger partial charge >= 0.3 is 0 Å². The Hall–Kier alpha value is -1.47. The third kappa shape index (κ3) is 5.08. The number of piperazine rings is 1. The van der Waals surface area contributed by atoms with E-state index < -0.39 is 0 Å². The van der Waals surface area contributed by atoms with Crippen LogP contribution in [0.2, 0.25) is 0 Å². The van der Waals surface area contributed by atoms with E-state index in [0.29, 0.717) is 31.9 Å². The van der Waals surface area contributed by atoms with Crippen molar-refractivity contribution in [3.63, 3.8) is 0 Å². The normalized spacial score (nSPS) is 28.1. The fourth-order valence-corrected chi connectivity index (χ4v) is 4.29. The molecule has 6 heteroatoms. The number of ether oxygens (including phenoxy) is 3. The van der Waals surface area contributed by atoms with Gasteiger partial charge in [0.15, 0.2) is 6.29 Å². The SMILES string of the molecule is C(=C\c1cc(N2C3CCC2CNC3)ccn1)/COCCOC1CCCCO1. The topological polar surface area (TPSA) is 55.9 Å². The zero-order chi connectivity index (χ0) is 18.3. The van der Waals surface area contributed by atoms with Gasteiger partial charge in [-0.2, -0.15) is 0 Å². The highest BCUT2D eigenvalue weighted by atomic mass is 16.7. The third-order valence-corrected chi connectivity index (χ3v) is 5.61. The number of aromatic nitrogens is 1. The molecular weight excluding hydrogens is 342 g/mol. The van der Waals surface area contributed by atoms with Gasteiger partial charge in [-0.05, 0) is 50.3 Å². The minimum atomic E-state index is -0.0369. The fourth-order valence-electron chi connectivity index (χ4n) is 4.29. The van der Waals surface area contributed by atoms with Gasteiger partial charge in [0.2, 0.25) is 0 Å². The predicted octanol–water partition coefficient (Wildman–Crippen LogP) is 2.60. The number of hydrogen-bond acceptors (Lipinski definition) is 6. The molecular formula is C21H31N3O3. The monoisotopic (exact) mass is 373 g/mol. The summed E-state index contributed by atoms with van der Waals surface area (Å²) < 4.78 is 16.8. The lowest BCUT2D eigenvalue weighted by molar-refractivity contribution is -0.168. The standard InChI is InChI=1S/C21H31N3O3/c1-2-11-26-21(5-1)27-13-12-25-10-3-4-17-14-18(8-9-23-17)24-19-6-7-20(24)16-22-15-19/h3-4,8-9,14,19-22H,1-2,5-7,10-13,15-16H2/b4-3+. The van der Waals surface area contributed by atoms with E-state index in [0.717, 1.165) is 38.2 Å². The Morgan fingerprint density at radius 1 is 1.19 bits per heavy atom. The largest absolute Gasteiger partial charge is 0.375 e. The first kappa shape index (κ1) is 18.9. The third-order valence-electron chi connectivity index (χ3n) is 5.61. The first-order valence-corrected chi connectivity index (χ1v) is 10.3. The number of nitrogens with one attached hydrogen (secondary N) is 1. The Morgan fingerprint density at radius 3 is 2.89 bits per heavy atom. The van der Waals surface area contributed by atoms with Crippen LogP contribution in [0.4, 0.5) is 5.69 Å². The Labute approximate surface area is 161 Å². The molecule has 1 aromatic rings. The number of anilines is 1. The molecule has 3 aliphatic heterocycles. The van der Waals surface area contributed by atoms with Gasteiger partial charge in [-0.1, -0.05) is 6.08 Å². The maximum absolute atomic E-state index is 5.66. The van der Waals surface area contributed by atoms with Gasteiger partial charge in [-0.25, -0.2) is 0 Å². The van der Waals surface area contributed by atoms with Gasteiger partial charge in [0.05, 0.1) is 25.5 Å². The van der Waals surface area contributed by atoms with Crippen molar-refractivity contribution >= 4 is 11.8 Å². The lowest BCUT2D eigenvalue weighted by Crippen LogP contribution is -2.52. The Balaban J connectivity index is 1.19. The number of pyridine rings is 1. The number of fused-ring (bicyclic) bond motifs is 2. The number of hydrogen-bond donors (Lipinski definition) is 1. The summed E-state index contributed by atoms with van der Waals surface area (Å²) in [5.41, 5.74) is 2.28. The molecule has 0 spiro atoms. The van der Waals surface area contributed by atoms with E-state index in [1.54, 1.807) is 0 Å². The van der Waals surface area contributed by atoms with Crippen molar-refractivity contribution in [1.29, 1.82) is 0 Å². The van der Waals surface area contributed by atoms with Crippen LogP contribution in [-0.4, -0.2) is 62.9 Å². The molecule has 0 aromatic carbocycles. The van der Waals surface area contributed by atoms with Crippen LogP contribution < -0.4 is 10.2 Å². The van der Waals surface area contributed by atoms with E-state index in [2.05, 4.69) is 27.3 Å². The molecule has 148 valence electrons. The van der Waals surface area contributed by atoms with Crippen molar-refractivity contribution in [2.24, 2.45) is 0 Å². The van der Waals surface area contributed by atoms with Crippen LogP contribution in [0.5, 0.6) is 0 Å². The highest BCUT2D eigenvalue weighted by molar-refractivity contribution is 5.57. The zero-order valence-electron chi connectivity index (χ0n) is 16.0. The van der Waals surface area contributed by atoms with Gasteiger partial charge < -0.3 is 24.4 Å². The summed E-state index contributed by atoms with van der Waals surface area (Å²) in [5.74, 6) is 0. The molecule has 1 aromatic heterocycles. The Bertz CT molecular complexity index is 602. The summed E-state index contributed by atoms with van der Waals surface area (Å²) in [5, 5.41) is 3.53. The maximum Gasteiger partial charge on any atom is 0.157 e. The second kappa shape index (κ2) is 9.64. The molecule has 4 rings (SSSR count). The van der Waals surface area contributed by atoms with E-state index in [-0.39, 0.29) is 6.29 Å². The van der Waals surface area contributed by atoms with E-state index in [9.17, 15) is 0 Å². The van der Waals surface area contributed by atoms with Gasteiger partial charge in [-0.3, -0.25) is 4.98 Å². The Kier molecular flexibility index (Phi) is 6.74. The average Bonchev–Trinajstić information content (AvgIpc) is 2.97. The second-order valence-electron chi connectivity index (χ2n) is 7.53. The summed E-state index contributed by atoms with van der Waals surface area (Å²) >= 11 is 0. The van der Waals surface area contributed by atoms with Crippen LogP contribution in [0.15, 0.2) is 24.4 Å². The molecule has 3 saturated heterocycles. The molecule has 0 aliphatic carbocycles. The molecule has 3 aliphatic rings. The van der Waals surface area contributed by atoms with Crippen LogP contribution in [0.25, 0.3) is 6.08 Å². The van der Waals surface area contributed by atoms with Crippen LogP contribution in [-0.2, 0) is 14.2 Å². The van der Waals surface area contributed by atoms with E-state index in [1.165, 1.54) is 24.9 Å². The van der Waals surface area contributed by atoms with Crippen molar-refractivity contribution in [2.75, 3.05) is 44.4 Å². The summed E-state index contributed by atoms with van der Waals surface area (Å²) in [6.07, 6.45) is 11.8. The molecule has 1 N–H and O–H groups in total. The minimum Gasteiger partial charge on any atom is -0.375 e. The van der Waals surface area contributed by atoms with E-state index >= 15 is 0 Å². The molecule has 0 saturated carbocycles. The lowest BCUT2D eigenvalue weighted by atomic mass is 10.1. The van der Waals surface area contributed by atoms with Crippen molar-refractivity contribution in [3.05, 3.63) is 30.1 Å². The summed E-state index contributed by atoms with van der Waals surface area (Å²) in [7, 11) is 0. The zero-order valence-corrected chi connectivity index (χ0v) is 16.0. The molecule has 6 nitrogen and oxygen atoms in total. The van der Waals surface area contributed by atoms with Crippen LogP contribution in [0.1, 0.15) is 37.8 Å². The van der Waals surface area contributed by atoms with E-state index in [4.69, 9.17) is 14.2 Å². The second-order valence-corrected chi connectivity index (χ2v) is 7.53. The molecule has 27 heavy (non-hydrogen) atoms. The molecule has 3 atom stereocenters. The summed E-state index contributed by atoms with van der Waals surface area (Å²) in [4.78, 5) is 7.05. The van der Waals surface area contributed by atoms with Crippen molar-refractivity contribution < 1.29 is 14.2 Å².